The van der Waals surface area contributed by atoms with Crippen LogP contribution in [0.15, 0.2) is 28.9 Å². The van der Waals surface area contributed by atoms with E-state index in [0.717, 1.165) is 20.9 Å². The zero-order chi connectivity index (χ0) is 11.7. The second kappa shape index (κ2) is 4.29. The van der Waals surface area contributed by atoms with E-state index >= 15 is 0 Å². The number of aliphatic carboxylic acids is 1. The Hall–Kier alpha value is -1.29. The Kier molecular flexibility index (Phi) is 3.01. The van der Waals surface area contributed by atoms with Gasteiger partial charge in [0, 0.05) is 35.0 Å². The maximum atomic E-state index is 10.5. The Balaban J connectivity index is 2.36. The summed E-state index contributed by atoms with van der Waals surface area (Å²) in [7, 11) is 1.98. The van der Waals surface area contributed by atoms with Crippen molar-refractivity contribution in [3.63, 3.8) is 0 Å². The Morgan fingerprint density at radius 3 is 2.94 bits per heavy atom. The molecule has 0 spiro atoms. The summed E-state index contributed by atoms with van der Waals surface area (Å²) in [6, 6.07) is 6.05. The first-order valence-corrected chi connectivity index (χ1v) is 5.82. The van der Waals surface area contributed by atoms with Crippen molar-refractivity contribution in [2.24, 2.45) is 7.05 Å². The Morgan fingerprint density at radius 1 is 1.50 bits per heavy atom. The van der Waals surface area contributed by atoms with Crippen LogP contribution in [0, 0.1) is 0 Å². The van der Waals surface area contributed by atoms with Crippen LogP contribution in [0.2, 0.25) is 0 Å². The van der Waals surface area contributed by atoms with Crippen molar-refractivity contribution in [2.75, 3.05) is 0 Å². The van der Waals surface area contributed by atoms with E-state index in [1.807, 2.05) is 36.0 Å². The topological polar surface area (TPSA) is 42.2 Å². The molecule has 0 aliphatic carbocycles. The number of benzene rings is 1. The summed E-state index contributed by atoms with van der Waals surface area (Å²) in [5.74, 6) is -0.756. The van der Waals surface area contributed by atoms with E-state index < -0.39 is 5.97 Å². The lowest BCUT2D eigenvalue weighted by Gasteiger charge is -2.01. The summed E-state index contributed by atoms with van der Waals surface area (Å²) in [6.07, 6.45) is 2.76. The molecule has 84 valence electrons. The van der Waals surface area contributed by atoms with Gasteiger partial charge in [-0.3, -0.25) is 4.79 Å². The molecule has 0 atom stereocenters. The van der Waals surface area contributed by atoms with Crippen molar-refractivity contribution in [1.82, 2.24) is 4.57 Å². The number of hydrogen-bond donors (Lipinski definition) is 1. The van der Waals surface area contributed by atoms with Crippen LogP contribution < -0.4 is 0 Å². The van der Waals surface area contributed by atoms with Crippen LogP contribution in [0.25, 0.3) is 10.9 Å². The number of carbonyl (C=O) groups is 1. The molecule has 16 heavy (non-hydrogen) atoms. The smallest absolute Gasteiger partial charge is 0.303 e. The maximum Gasteiger partial charge on any atom is 0.303 e. The zero-order valence-electron chi connectivity index (χ0n) is 8.90. The molecule has 0 fully saturated rings. The average Bonchev–Trinajstić information content (AvgIpc) is 2.52. The first-order chi connectivity index (χ1) is 7.58. The predicted octanol–water partition coefficient (Wildman–Crippen LogP) is 2.96. The molecule has 0 saturated carbocycles. The highest BCUT2D eigenvalue weighted by molar-refractivity contribution is 9.10. The van der Waals surface area contributed by atoms with Crippen molar-refractivity contribution in [2.45, 2.75) is 12.8 Å². The largest absolute Gasteiger partial charge is 0.481 e. The molecule has 0 aliphatic rings. The van der Waals surface area contributed by atoms with Crippen LogP contribution in [-0.2, 0) is 18.3 Å². The Labute approximate surface area is 102 Å². The highest BCUT2D eigenvalue weighted by Crippen LogP contribution is 2.26. The minimum absolute atomic E-state index is 0.178. The van der Waals surface area contributed by atoms with Crippen LogP contribution in [-0.4, -0.2) is 15.6 Å². The quantitative estimate of drug-likeness (QED) is 0.940. The number of fused-ring (bicyclic) bond motifs is 1. The minimum atomic E-state index is -0.756. The summed E-state index contributed by atoms with van der Waals surface area (Å²) in [5, 5.41) is 9.79. The number of rotatable bonds is 3. The van der Waals surface area contributed by atoms with Crippen molar-refractivity contribution in [1.29, 1.82) is 0 Å². The molecule has 0 aliphatic heterocycles. The first-order valence-electron chi connectivity index (χ1n) is 5.03. The summed E-state index contributed by atoms with van der Waals surface area (Å²) in [6.45, 7) is 0. The van der Waals surface area contributed by atoms with Crippen molar-refractivity contribution in [3.8, 4) is 0 Å². The number of carboxylic acids is 1. The van der Waals surface area contributed by atoms with Crippen LogP contribution in [0.3, 0.4) is 0 Å². The maximum absolute atomic E-state index is 10.5. The molecule has 0 unspecified atom stereocenters. The summed E-state index contributed by atoms with van der Waals surface area (Å²) < 4.78 is 3.10. The van der Waals surface area contributed by atoms with Crippen molar-refractivity contribution in [3.05, 3.63) is 34.4 Å². The summed E-state index contributed by atoms with van der Waals surface area (Å²) >= 11 is 3.49. The standard InChI is InChI=1S/C12H12BrNO2/c1-14-7-10(13)9-4-2-8(6-11(9)14)3-5-12(15)16/h2,4,6-7H,3,5H2,1H3,(H,15,16). The lowest BCUT2D eigenvalue weighted by molar-refractivity contribution is -0.136. The third-order valence-corrected chi connectivity index (χ3v) is 3.27. The second-order valence-electron chi connectivity index (χ2n) is 3.83. The molecule has 1 aromatic carbocycles. The zero-order valence-corrected chi connectivity index (χ0v) is 10.5. The predicted molar refractivity (Wildman–Crippen MR) is 66.6 cm³/mol. The fourth-order valence-corrected chi connectivity index (χ4v) is 2.43. The van der Waals surface area contributed by atoms with Crippen molar-refractivity contribution < 1.29 is 9.90 Å². The summed E-state index contributed by atoms with van der Waals surface area (Å²) in [5.41, 5.74) is 2.18. The number of aryl methyl sites for hydroxylation is 2. The van der Waals surface area contributed by atoms with E-state index in [1.54, 1.807) is 0 Å². The van der Waals surface area contributed by atoms with Gasteiger partial charge >= 0.3 is 5.97 Å². The molecule has 0 radical (unpaired) electrons. The molecule has 0 saturated heterocycles. The Morgan fingerprint density at radius 2 is 2.25 bits per heavy atom. The van der Waals surface area contributed by atoms with Gasteiger partial charge in [-0.25, -0.2) is 0 Å². The molecule has 1 N–H and O–H groups in total. The van der Waals surface area contributed by atoms with E-state index in [4.69, 9.17) is 5.11 Å². The number of nitrogens with zero attached hydrogens (tertiary/aromatic N) is 1. The number of halogens is 1. The van der Waals surface area contributed by atoms with Gasteiger partial charge in [0.2, 0.25) is 0 Å². The Bertz CT molecular complexity index is 545. The lowest BCUT2D eigenvalue weighted by atomic mass is 10.1. The number of aromatic nitrogens is 1. The number of hydrogen-bond acceptors (Lipinski definition) is 1. The van der Waals surface area contributed by atoms with Crippen molar-refractivity contribution >= 4 is 32.8 Å². The van der Waals surface area contributed by atoms with E-state index in [2.05, 4.69) is 15.9 Å². The minimum Gasteiger partial charge on any atom is -0.481 e. The third kappa shape index (κ3) is 2.11. The molecule has 1 aromatic heterocycles. The molecule has 0 amide bonds. The molecule has 2 aromatic rings. The second-order valence-corrected chi connectivity index (χ2v) is 4.69. The first kappa shape index (κ1) is 11.2. The molecule has 2 rings (SSSR count). The van der Waals surface area contributed by atoms with Gasteiger partial charge < -0.3 is 9.67 Å². The summed E-state index contributed by atoms with van der Waals surface area (Å²) in [4.78, 5) is 10.5. The lowest BCUT2D eigenvalue weighted by Crippen LogP contribution is -1.97. The van der Waals surface area contributed by atoms with Crippen LogP contribution >= 0.6 is 15.9 Å². The van der Waals surface area contributed by atoms with Gasteiger partial charge in [-0.05, 0) is 34.0 Å². The fourth-order valence-electron chi connectivity index (χ4n) is 1.79. The number of carboxylic acid groups (broad SMARTS) is 1. The normalized spacial score (nSPS) is 10.9. The van der Waals surface area contributed by atoms with E-state index in [-0.39, 0.29) is 6.42 Å². The SMILES string of the molecule is Cn1cc(Br)c2ccc(CCC(=O)O)cc21. The highest BCUT2D eigenvalue weighted by Gasteiger charge is 2.06. The third-order valence-electron chi connectivity index (χ3n) is 2.63. The molecule has 1 heterocycles. The highest BCUT2D eigenvalue weighted by atomic mass is 79.9. The van der Waals surface area contributed by atoms with Crippen LogP contribution in [0.5, 0.6) is 0 Å². The van der Waals surface area contributed by atoms with Gasteiger partial charge in [0.15, 0.2) is 0 Å². The molecular weight excluding hydrogens is 270 g/mol. The molecule has 0 bridgehead atoms. The molecule has 3 nitrogen and oxygen atoms in total. The van der Waals surface area contributed by atoms with Gasteiger partial charge in [-0.1, -0.05) is 12.1 Å². The van der Waals surface area contributed by atoms with Gasteiger partial charge in [-0.15, -0.1) is 0 Å². The van der Waals surface area contributed by atoms with Gasteiger partial charge in [0.1, 0.15) is 0 Å². The van der Waals surface area contributed by atoms with Crippen LogP contribution in [0.4, 0.5) is 0 Å². The van der Waals surface area contributed by atoms with Gasteiger partial charge in [0.25, 0.3) is 0 Å². The molecular formula is C12H12BrNO2. The van der Waals surface area contributed by atoms with Gasteiger partial charge in [-0.2, -0.15) is 0 Å². The molecule has 4 heteroatoms. The van der Waals surface area contributed by atoms with E-state index in [0.29, 0.717) is 6.42 Å². The van der Waals surface area contributed by atoms with E-state index in [9.17, 15) is 4.79 Å². The van der Waals surface area contributed by atoms with E-state index in [1.165, 1.54) is 0 Å². The monoisotopic (exact) mass is 281 g/mol. The fraction of sp³-hybridized carbons (Fsp3) is 0.250. The van der Waals surface area contributed by atoms with Gasteiger partial charge in [0.05, 0.1) is 0 Å². The van der Waals surface area contributed by atoms with Crippen LogP contribution in [0.1, 0.15) is 12.0 Å². The average molecular weight is 282 g/mol.